The summed E-state index contributed by atoms with van der Waals surface area (Å²) in [6.07, 6.45) is 17.0. The zero-order valence-corrected chi connectivity index (χ0v) is 12.5. The van der Waals surface area contributed by atoms with E-state index in [0.29, 0.717) is 0 Å². The largest absolute Gasteiger partial charge is 0.0654 e. The molecule has 16 heavy (non-hydrogen) atoms. The third-order valence-corrected chi connectivity index (χ3v) is 2.91. The maximum atomic E-state index is 2.27. The monoisotopic (exact) mass is 228 g/mol. The second-order valence-corrected chi connectivity index (χ2v) is 4.83. The van der Waals surface area contributed by atoms with Crippen molar-refractivity contribution < 1.29 is 0 Å². The Morgan fingerprint density at radius 2 is 0.500 bits per heavy atom. The first-order valence-corrected chi connectivity index (χ1v) is 7.83. The summed E-state index contributed by atoms with van der Waals surface area (Å²) in [6.45, 7) is 9.00. The molecular weight excluding hydrogens is 192 g/mol. The van der Waals surface area contributed by atoms with Crippen LogP contribution in [-0.4, -0.2) is 0 Å². The van der Waals surface area contributed by atoms with Gasteiger partial charge in [-0.15, -0.1) is 0 Å². The van der Waals surface area contributed by atoms with Crippen molar-refractivity contribution in [3.63, 3.8) is 0 Å². The van der Waals surface area contributed by atoms with Crippen molar-refractivity contribution in [2.24, 2.45) is 0 Å². The Morgan fingerprint density at radius 3 is 0.750 bits per heavy atom. The molecule has 0 rings (SSSR count). The lowest BCUT2D eigenvalue weighted by atomic mass is 10.1. The third-order valence-electron chi connectivity index (χ3n) is 2.91. The highest BCUT2D eigenvalue weighted by atomic mass is 13.9. The molecule has 0 aromatic carbocycles. The summed E-state index contributed by atoms with van der Waals surface area (Å²) in [4.78, 5) is 0. The zero-order chi connectivity index (χ0) is 12.5. The predicted octanol–water partition coefficient (Wildman–Crippen LogP) is 6.73. The van der Waals surface area contributed by atoms with E-state index in [2.05, 4.69) is 27.7 Å². The fourth-order valence-corrected chi connectivity index (χ4v) is 1.71. The summed E-state index contributed by atoms with van der Waals surface area (Å²) in [5.74, 6) is 0. The maximum Gasteiger partial charge on any atom is -0.0533 e. The van der Waals surface area contributed by atoms with Gasteiger partial charge in [0.15, 0.2) is 0 Å². The summed E-state index contributed by atoms with van der Waals surface area (Å²) in [7, 11) is 0. The molecule has 0 unspecified atom stereocenters. The van der Waals surface area contributed by atoms with Crippen LogP contribution in [0.15, 0.2) is 0 Å². The second kappa shape index (κ2) is 20.4. The van der Waals surface area contributed by atoms with Gasteiger partial charge >= 0.3 is 0 Å². The maximum absolute atomic E-state index is 2.27. The highest BCUT2D eigenvalue weighted by Gasteiger charge is 1.87. The van der Waals surface area contributed by atoms with Gasteiger partial charge in [0, 0.05) is 0 Å². The Kier molecular flexibility index (Phi) is 23.4. The van der Waals surface area contributed by atoms with E-state index in [-0.39, 0.29) is 0 Å². The van der Waals surface area contributed by atoms with E-state index in [0.717, 1.165) is 0 Å². The summed E-state index contributed by atoms with van der Waals surface area (Å²) >= 11 is 0. The summed E-state index contributed by atoms with van der Waals surface area (Å²) in [5, 5.41) is 0. The van der Waals surface area contributed by atoms with Crippen LogP contribution in [-0.2, 0) is 0 Å². The Hall–Kier alpha value is 0. The Balaban J connectivity index is 0. The molecule has 100 valence electrons. The lowest BCUT2D eigenvalue weighted by Gasteiger charge is -1.97. The first-order valence-electron chi connectivity index (χ1n) is 7.83. The lowest BCUT2D eigenvalue weighted by Crippen LogP contribution is -1.77. The van der Waals surface area contributed by atoms with E-state index in [1.165, 1.54) is 77.0 Å². The van der Waals surface area contributed by atoms with Crippen molar-refractivity contribution in [1.82, 2.24) is 0 Å². The van der Waals surface area contributed by atoms with Gasteiger partial charge in [0.25, 0.3) is 0 Å². The molecular formula is C16H36. The van der Waals surface area contributed by atoms with Crippen molar-refractivity contribution >= 4 is 0 Å². The van der Waals surface area contributed by atoms with Gasteiger partial charge in [-0.1, -0.05) is 105 Å². The van der Waals surface area contributed by atoms with Crippen LogP contribution in [0.25, 0.3) is 0 Å². The Bertz CT molecular complexity index is 74.0. The SMILES string of the molecule is CCCCCC.CCCCCCCCCC. The molecule has 0 heteroatoms. The Labute approximate surface area is 105 Å². The standard InChI is InChI=1S/C10H22.C6H14/c1-3-5-7-9-10-8-6-4-2;1-3-5-6-4-2/h3-10H2,1-2H3;3-6H2,1-2H3. The molecule has 0 spiro atoms. The van der Waals surface area contributed by atoms with Crippen molar-refractivity contribution in [2.45, 2.75) is 105 Å². The zero-order valence-electron chi connectivity index (χ0n) is 12.5. The molecule has 0 aliphatic rings. The van der Waals surface area contributed by atoms with Crippen LogP contribution in [0.1, 0.15) is 105 Å². The van der Waals surface area contributed by atoms with Crippen LogP contribution in [0.4, 0.5) is 0 Å². The third kappa shape index (κ3) is 23.7. The predicted molar refractivity (Wildman–Crippen MR) is 78.1 cm³/mol. The minimum Gasteiger partial charge on any atom is -0.0654 e. The first kappa shape index (κ1) is 18.4. The molecule has 0 saturated carbocycles. The number of unbranched alkanes of at least 4 members (excludes halogenated alkanes) is 10. The summed E-state index contributed by atoms with van der Waals surface area (Å²) in [5.41, 5.74) is 0. The van der Waals surface area contributed by atoms with Crippen molar-refractivity contribution in [2.75, 3.05) is 0 Å². The fourth-order valence-electron chi connectivity index (χ4n) is 1.71. The van der Waals surface area contributed by atoms with Gasteiger partial charge in [0.2, 0.25) is 0 Å². The molecule has 0 aliphatic heterocycles. The van der Waals surface area contributed by atoms with Crippen molar-refractivity contribution in [1.29, 1.82) is 0 Å². The van der Waals surface area contributed by atoms with Crippen molar-refractivity contribution in [3.8, 4) is 0 Å². The van der Waals surface area contributed by atoms with E-state index >= 15 is 0 Å². The quantitative estimate of drug-likeness (QED) is 0.363. The molecule has 0 nitrogen and oxygen atoms in total. The molecule has 0 fully saturated rings. The summed E-state index contributed by atoms with van der Waals surface area (Å²) in [6, 6.07) is 0. The summed E-state index contributed by atoms with van der Waals surface area (Å²) < 4.78 is 0. The molecule has 0 aromatic rings. The highest BCUT2D eigenvalue weighted by Crippen LogP contribution is 2.07. The second-order valence-electron chi connectivity index (χ2n) is 4.83. The fraction of sp³-hybridized carbons (Fsp3) is 1.00. The van der Waals surface area contributed by atoms with Gasteiger partial charge in [-0.3, -0.25) is 0 Å². The van der Waals surface area contributed by atoms with Crippen LogP contribution >= 0.6 is 0 Å². The van der Waals surface area contributed by atoms with Crippen LogP contribution in [0.5, 0.6) is 0 Å². The van der Waals surface area contributed by atoms with Crippen LogP contribution in [0.3, 0.4) is 0 Å². The normalized spacial score (nSPS) is 9.75. The van der Waals surface area contributed by atoms with E-state index < -0.39 is 0 Å². The van der Waals surface area contributed by atoms with Gasteiger partial charge in [-0.25, -0.2) is 0 Å². The molecule has 0 aromatic heterocycles. The van der Waals surface area contributed by atoms with Gasteiger partial charge in [0.05, 0.1) is 0 Å². The Morgan fingerprint density at radius 1 is 0.312 bits per heavy atom. The van der Waals surface area contributed by atoms with E-state index in [1.807, 2.05) is 0 Å². The molecule has 0 atom stereocenters. The van der Waals surface area contributed by atoms with Crippen LogP contribution in [0.2, 0.25) is 0 Å². The van der Waals surface area contributed by atoms with Gasteiger partial charge in [-0.05, 0) is 0 Å². The highest BCUT2D eigenvalue weighted by molar-refractivity contribution is 4.43. The molecule has 0 radical (unpaired) electrons. The minimum absolute atomic E-state index is 1.36. The van der Waals surface area contributed by atoms with E-state index in [1.54, 1.807) is 0 Å². The van der Waals surface area contributed by atoms with E-state index in [4.69, 9.17) is 0 Å². The van der Waals surface area contributed by atoms with Crippen molar-refractivity contribution in [3.05, 3.63) is 0 Å². The molecule has 0 amide bonds. The molecule has 0 aliphatic carbocycles. The smallest absolute Gasteiger partial charge is 0.0533 e. The number of hydrogen-bond donors (Lipinski definition) is 0. The lowest BCUT2D eigenvalue weighted by molar-refractivity contribution is 0.585. The van der Waals surface area contributed by atoms with Gasteiger partial charge < -0.3 is 0 Å². The van der Waals surface area contributed by atoms with Crippen LogP contribution < -0.4 is 0 Å². The van der Waals surface area contributed by atoms with Crippen LogP contribution in [0, 0.1) is 0 Å². The topological polar surface area (TPSA) is 0 Å². The molecule has 0 N–H and O–H groups in total. The van der Waals surface area contributed by atoms with Gasteiger partial charge in [0.1, 0.15) is 0 Å². The number of rotatable bonds is 10. The number of hydrogen-bond acceptors (Lipinski definition) is 0. The average Bonchev–Trinajstić information content (AvgIpc) is 2.32. The average molecular weight is 228 g/mol. The molecule has 0 bridgehead atoms. The minimum atomic E-state index is 1.36. The molecule has 0 heterocycles. The molecule has 0 saturated heterocycles. The van der Waals surface area contributed by atoms with Gasteiger partial charge in [-0.2, -0.15) is 0 Å². The first-order chi connectivity index (χ1) is 7.83. The van der Waals surface area contributed by atoms with E-state index in [9.17, 15) is 0 Å².